The topological polar surface area (TPSA) is 75.7 Å². The number of sulfonamides is 1. The van der Waals surface area contributed by atoms with Crippen LogP contribution in [-0.2, 0) is 21.2 Å². The van der Waals surface area contributed by atoms with Crippen LogP contribution in [-0.4, -0.2) is 39.8 Å². The minimum absolute atomic E-state index is 0.0500. The maximum atomic E-state index is 12.6. The van der Waals surface area contributed by atoms with Gasteiger partial charge < -0.3 is 10.1 Å². The van der Waals surface area contributed by atoms with Crippen LogP contribution in [0, 0.1) is 6.92 Å². The Morgan fingerprint density at radius 3 is 2.45 bits per heavy atom. The summed E-state index contributed by atoms with van der Waals surface area (Å²) in [5.74, 6) is 0.490. The van der Waals surface area contributed by atoms with Crippen LogP contribution in [0.1, 0.15) is 42.5 Å². The molecule has 2 rings (SSSR count). The summed E-state index contributed by atoms with van der Waals surface area (Å²) in [6, 6.07) is 12.7. The largest absolute Gasteiger partial charge is 0.496 e. The van der Waals surface area contributed by atoms with Crippen molar-refractivity contribution in [1.82, 2.24) is 9.62 Å². The second-order valence-corrected chi connectivity index (χ2v) is 9.30. The second-order valence-electron chi connectivity index (χ2n) is 7.15. The molecule has 0 bridgehead atoms. The lowest BCUT2D eigenvalue weighted by Gasteiger charge is -2.20. The molecule has 1 atom stereocenters. The molecule has 0 aliphatic carbocycles. The molecule has 0 aromatic heterocycles. The van der Waals surface area contributed by atoms with Gasteiger partial charge in [0.2, 0.25) is 15.9 Å². The molecule has 0 aliphatic rings. The smallest absolute Gasteiger partial charge is 0.242 e. The maximum Gasteiger partial charge on any atom is 0.242 e. The van der Waals surface area contributed by atoms with Gasteiger partial charge in [-0.25, -0.2) is 12.7 Å². The molecule has 2 aromatic rings. The number of hydrogen-bond acceptors (Lipinski definition) is 4. The Morgan fingerprint density at radius 1 is 1.17 bits per heavy atom. The first-order chi connectivity index (χ1) is 13.7. The Bertz CT molecular complexity index is 955. The number of ether oxygens (including phenoxy) is 1. The van der Waals surface area contributed by atoms with E-state index >= 15 is 0 Å². The number of carbonyl (C=O) groups excluding carboxylic acids is 1. The second kappa shape index (κ2) is 9.89. The summed E-state index contributed by atoms with van der Waals surface area (Å²) in [5.41, 5.74) is 2.94. The lowest BCUT2D eigenvalue weighted by molar-refractivity contribution is -0.121. The number of benzene rings is 2. The van der Waals surface area contributed by atoms with Gasteiger partial charge in [0.25, 0.3) is 0 Å². The third kappa shape index (κ3) is 5.58. The van der Waals surface area contributed by atoms with Gasteiger partial charge in [0.1, 0.15) is 5.75 Å². The van der Waals surface area contributed by atoms with Crippen LogP contribution >= 0.6 is 0 Å². The minimum atomic E-state index is -3.55. The summed E-state index contributed by atoms with van der Waals surface area (Å²) in [5, 5.41) is 3.09. The van der Waals surface area contributed by atoms with Gasteiger partial charge >= 0.3 is 0 Å². The first-order valence-electron chi connectivity index (χ1n) is 9.65. The first kappa shape index (κ1) is 22.9. The molecule has 1 N–H and O–H groups in total. The fourth-order valence-electron chi connectivity index (χ4n) is 3.21. The Morgan fingerprint density at radius 2 is 1.86 bits per heavy atom. The first-order valence-corrected chi connectivity index (χ1v) is 11.1. The van der Waals surface area contributed by atoms with Crippen molar-refractivity contribution in [2.75, 3.05) is 21.2 Å². The highest BCUT2D eigenvalue weighted by molar-refractivity contribution is 7.89. The summed E-state index contributed by atoms with van der Waals surface area (Å²) in [6.07, 6.45) is 1.41. The predicted molar refractivity (Wildman–Crippen MR) is 115 cm³/mol. The molecule has 2 aromatic carbocycles. The number of nitrogens with zero attached hydrogens (tertiary/aromatic N) is 1. The molecule has 0 aliphatic heterocycles. The molecule has 158 valence electrons. The van der Waals surface area contributed by atoms with Crippen LogP contribution in [0.3, 0.4) is 0 Å². The summed E-state index contributed by atoms with van der Waals surface area (Å²) < 4.78 is 31.3. The van der Waals surface area contributed by atoms with Gasteiger partial charge in [0.15, 0.2) is 0 Å². The van der Waals surface area contributed by atoms with Crippen molar-refractivity contribution in [3.63, 3.8) is 0 Å². The molecular formula is C22H30N2O4S. The minimum Gasteiger partial charge on any atom is -0.496 e. The maximum absolute atomic E-state index is 12.6. The number of rotatable bonds is 9. The fourth-order valence-corrected chi connectivity index (χ4v) is 4.17. The molecule has 0 fully saturated rings. The van der Waals surface area contributed by atoms with Crippen LogP contribution in [0.15, 0.2) is 47.4 Å². The molecule has 29 heavy (non-hydrogen) atoms. The fraction of sp³-hybridized carbons (Fsp3) is 0.409. The molecule has 0 radical (unpaired) electrons. The van der Waals surface area contributed by atoms with E-state index in [0.717, 1.165) is 17.5 Å². The van der Waals surface area contributed by atoms with Crippen molar-refractivity contribution in [3.8, 4) is 5.75 Å². The average Bonchev–Trinajstić information content (AvgIpc) is 2.70. The van der Waals surface area contributed by atoms with Crippen molar-refractivity contribution in [1.29, 1.82) is 0 Å². The number of nitrogens with one attached hydrogen (secondary N) is 1. The van der Waals surface area contributed by atoms with E-state index in [1.165, 1.54) is 31.6 Å². The summed E-state index contributed by atoms with van der Waals surface area (Å²) in [4.78, 5) is 12.8. The highest BCUT2D eigenvalue weighted by Gasteiger charge is 2.20. The van der Waals surface area contributed by atoms with Crippen LogP contribution in [0.25, 0.3) is 0 Å². The van der Waals surface area contributed by atoms with E-state index in [1.54, 1.807) is 12.1 Å². The van der Waals surface area contributed by atoms with Gasteiger partial charge in [-0.1, -0.05) is 31.2 Å². The number of amides is 1. The molecule has 0 spiro atoms. The number of aryl methyl sites for hydroxylation is 2. The SMILES string of the molecule is CC[C@H](NC(=O)CCc1cc(S(=O)(=O)N(C)C)ccc1OC)c1ccccc1C. The highest BCUT2D eigenvalue weighted by Crippen LogP contribution is 2.25. The van der Waals surface area contributed by atoms with Crippen LogP contribution < -0.4 is 10.1 Å². The van der Waals surface area contributed by atoms with Gasteiger partial charge in [-0.3, -0.25) is 4.79 Å². The number of methoxy groups -OCH3 is 1. The average molecular weight is 419 g/mol. The van der Waals surface area contributed by atoms with E-state index in [0.29, 0.717) is 17.7 Å². The molecule has 0 saturated carbocycles. The molecular weight excluding hydrogens is 388 g/mol. The normalized spacial score (nSPS) is 12.6. The van der Waals surface area contributed by atoms with Crippen molar-refractivity contribution >= 4 is 15.9 Å². The Balaban J connectivity index is 2.14. The van der Waals surface area contributed by atoms with Crippen molar-refractivity contribution < 1.29 is 17.9 Å². The molecule has 0 saturated heterocycles. The lowest BCUT2D eigenvalue weighted by atomic mass is 9.99. The summed E-state index contributed by atoms with van der Waals surface area (Å²) in [7, 11) is 0.961. The zero-order chi connectivity index (χ0) is 21.6. The van der Waals surface area contributed by atoms with E-state index in [2.05, 4.69) is 5.32 Å². The van der Waals surface area contributed by atoms with E-state index < -0.39 is 10.0 Å². The summed E-state index contributed by atoms with van der Waals surface area (Å²) >= 11 is 0. The van der Waals surface area contributed by atoms with Gasteiger partial charge in [0, 0.05) is 20.5 Å². The Hall–Kier alpha value is -2.38. The number of carbonyl (C=O) groups is 1. The van der Waals surface area contributed by atoms with Crippen molar-refractivity contribution in [2.24, 2.45) is 0 Å². The standard InChI is InChI=1S/C22H30N2O4S/c1-6-20(19-10-8-7-9-16(19)2)23-22(25)14-11-17-15-18(12-13-21(17)28-5)29(26,27)24(3)4/h7-10,12-13,15,20H,6,11,14H2,1-5H3,(H,23,25)/t20-/m0/s1. The molecule has 1 amide bonds. The Labute approximate surface area is 173 Å². The summed E-state index contributed by atoms with van der Waals surface area (Å²) in [6.45, 7) is 4.07. The predicted octanol–water partition coefficient (Wildman–Crippen LogP) is 3.45. The zero-order valence-electron chi connectivity index (χ0n) is 17.7. The third-order valence-corrected chi connectivity index (χ3v) is 6.77. The van der Waals surface area contributed by atoms with E-state index in [-0.39, 0.29) is 23.3 Å². The number of hydrogen-bond donors (Lipinski definition) is 1. The zero-order valence-corrected chi connectivity index (χ0v) is 18.5. The van der Waals surface area contributed by atoms with Crippen molar-refractivity contribution in [3.05, 3.63) is 59.2 Å². The van der Waals surface area contributed by atoms with E-state index in [4.69, 9.17) is 4.74 Å². The van der Waals surface area contributed by atoms with Gasteiger partial charge in [-0.05, 0) is 54.7 Å². The molecule has 6 nitrogen and oxygen atoms in total. The van der Waals surface area contributed by atoms with Crippen LogP contribution in [0.5, 0.6) is 5.75 Å². The highest BCUT2D eigenvalue weighted by atomic mass is 32.2. The lowest BCUT2D eigenvalue weighted by Crippen LogP contribution is -2.28. The van der Waals surface area contributed by atoms with Gasteiger partial charge in [-0.15, -0.1) is 0 Å². The van der Waals surface area contributed by atoms with E-state index in [9.17, 15) is 13.2 Å². The van der Waals surface area contributed by atoms with E-state index in [1.807, 2.05) is 38.1 Å². The molecule has 0 heterocycles. The Kier molecular flexibility index (Phi) is 7.81. The van der Waals surface area contributed by atoms with Crippen LogP contribution in [0.4, 0.5) is 0 Å². The molecule has 0 unspecified atom stereocenters. The van der Waals surface area contributed by atoms with Gasteiger partial charge in [-0.2, -0.15) is 0 Å². The van der Waals surface area contributed by atoms with Gasteiger partial charge in [0.05, 0.1) is 18.0 Å². The third-order valence-electron chi connectivity index (χ3n) is 4.96. The van der Waals surface area contributed by atoms with Crippen LogP contribution in [0.2, 0.25) is 0 Å². The van der Waals surface area contributed by atoms with Crippen molar-refractivity contribution in [2.45, 2.75) is 44.0 Å². The molecule has 7 heteroatoms. The quantitative estimate of drug-likeness (QED) is 0.677. The monoisotopic (exact) mass is 418 g/mol.